The first-order valence-corrected chi connectivity index (χ1v) is 14.6. The summed E-state index contributed by atoms with van der Waals surface area (Å²) in [5.41, 5.74) is 0.492. The molecule has 1 saturated carbocycles. The van der Waals surface area contributed by atoms with Crippen LogP contribution in [0.15, 0.2) is 29.2 Å². The number of hydrogen-bond donors (Lipinski definition) is 0. The molecule has 2 saturated heterocycles. The lowest BCUT2D eigenvalue weighted by molar-refractivity contribution is -0.133. The molecule has 0 radical (unpaired) electrons. The SMILES string of the molecule is O=C(CCC1CCCCC1)N1CCN(C(=O)c2ccc(S(=O)(=O)N3CCCCCC3)cc2)CC1. The molecule has 188 valence electrons. The lowest BCUT2D eigenvalue weighted by Gasteiger charge is -2.35. The third kappa shape index (κ3) is 6.19. The minimum Gasteiger partial charge on any atom is -0.339 e. The number of sulfonamides is 1. The highest BCUT2D eigenvalue weighted by atomic mass is 32.2. The smallest absolute Gasteiger partial charge is 0.253 e. The molecule has 3 aliphatic rings. The van der Waals surface area contributed by atoms with Crippen molar-refractivity contribution >= 4 is 21.8 Å². The Hall–Kier alpha value is -1.93. The number of piperazine rings is 1. The molecule has 1 aromatic rings. The fraction of sp³-hybridized carbons (Fsp3) is 0.692. The summed E-state index contributed by atoms with van der Waals surface area (Å²) in [7, 11) is -3.52. The van der Waals surface area contributed by atoms with E-state index in [4.69, 9.17) is 0 Å². The number of nitrogens with zero attached hydrogens (tertiary/aromatic N) is 3. The quantitative estimate of drug-likeness (QED) is 0.607. The number of amides is 2. The molecule has 34 heavy (non-hydrogen) atoms. The van der Waals surface area contributed by atoms with Crippen molar-refractivity contribution in [3.63, 3.8) is 0 Å². The third-order valence-corrected chi connectivity index (χ3v) is 9.63. The van der Waals surface area contributed by atoms with E-state index in [1.807, 2.05) is 4.90 Å². The van der Waals surface area contributed by atoms with Crippen molar-refractivity contribution in [1.82, 2.24) is 14.1 Å². The second-order valence-corrected chi connectivity index (χ2v) is 12.0. The molecule has 0 N–H and O–H groups in total. The van der Waals surface area contributed by atoms with Crippen LogP contribution < -0.4 is 0 Å². The summed E-state index contributed by atoms with van der Waals surface area (Å²) in [6.07, 6.45) is 12.0. The van der Waals surface area contributed by atoms with Crippen molar-refractivity contribution in [2.45, 2.75) is 75.5 Å². The monoisotopic (exact) mass is 489 g/mol. The van der Waals surface area contributed by atoms with Gasteiger partial charge in [-0.1, -0.05) is 44.9 Å². The van der Waals surface area contributed by atoms with Crippen LogP contribution in [-0.2, 0) is 14.8 Å². The van der Waals surface area contributed by atoms with Crippen LogP contribution in [0.25, 0.3) is 0 Å². The fourth-order valence-corrected chi connectivity index (χ4v) is 7.02. The Morgan fingerprint density at radius 1 is 0.735 bits per heavy atom. The predicted molar refractivity (Wildman–Crippen MR) is 132 cm³/mol. The maximum atomic E-state index is 13.0. The zero-order valence-electron chi connectivity index (χ0n) is 20.3. The highest BCUT2D eigenvalue weighted by molar-refractivity contribution is 7.89. The minimum absolute atomic E-state index is 0.104. The minimum atomic E-state index is -3.52. The van der Waals surface area contributed by atoms with Crippen LogP contribution in [-0.4, -0.2) is 73.6 Å². The van der Waals surface area contributed by atoms with Gasteiger partial charge < -0.3 is 9.80 Å². The van der Waals surface area contributed by atoms with Gasteiger partial charge >= 0.3 is 0 Å². The van der Waals surface area contributed by atoms with Crippen molar-refractivity contribution in [2.75, 3.05) is 39.3 Å². The first-order chi connectivity index (χ1) is 16.4. The van der Waals surface area contributed by atoms with Gasteiger partial charge in [-0.2, -0.15) is 4.31 Å². The molecule has 0 aromatic heterocycles. The van der Waals surface area contributed by atoms with Gasteiger partial charge in [-0.3, -0.25) is 9.59 Å². The lowest BCUT2D eigenvalue weighted by Crippen LogP contribution is -2.50. The van der Waals surface area contributed by atoms with E-state index in [9.17, 15) is 18.0 Å². The third-order valence-electron chi connectivity index (χ3n) is 7.71. The van der Waals surface area contributed by atoms with Crippen LogP contribution in [0.4, 0.5) is 0 Å². The van der Waals surface area contributed by atoms with Crippen molar-refractivity contribution < 1.29 is 18.0 Å². The van der Waals surface area contributed by atoms with Gasteiger partial charge in [0.1, 0.15) is 0 Å². The Morgan fingerprint density at radius 3 is 1.91 bits per heavy atom. The largest absolute Gasteiger partial charge is 0.339 e. The summed E-state index contributed by atoms with van der Waals surface area (Å²) in [4.78, 5) is 29.5. The van der Waals surface area contributed by atoms with Gasteiger partial charge in [0.2, 0.25) is 15.9 Å². The molecule has 8 heteroatoms. The summed E-state index contributed by atoms with van der Waals surface area (Å²) in [5, 5.41) is 0. The van der Waals surface area contributed by atoms with E-state index in [-0.39, 0.29) is 16.7 Å². The summed E-state index contributed by atoms with van der Waals surface area (Å²) >= 11 is 0. The topological polar surface area (TPSA) is 78.0 Å². The molecule has 1 aliphatic carbocycles. The van der Waals surface area contributed by atoms with Crippen LogP contribution in [0.3, 0.4) is 0 Å². The molecule has 7 nitrogen and oxygen atoms in total. The Kier molecular flexibility index (Phi) is 8.64. The standard InChI is InChI=1S/C26H39N3O4S/c30-25(15-10-22-8-4-3-5-9-22)27-18-20-28(21-19-27)26(31)23-11-13-24(14-12-23)34(32,33)29-16-6-1-2-7-17-29/h11-14,22H,1-10,15-21H2. The van der Waals surface area contributed by atoms with E-state index >= 15 is 0 Å². The van der Waals surface area contributed by atoms with Crippen LogP contribution in [0.1, 0.15) is 81.0 Å². The van der Waals surface area contributed by atoms with Gasteiger partial charge in [0.15, 0.2) is 0 Å². The molecular formula is C26H39N3O4S. The number of hydrogen-bond acceptors (Lipinski definition) is 4. The van der Waals surface area contributed by atoms with Crippen molar-refractivity contribution in [3.8, 4) is 0 Å². The zero-order valence-corrected chi connectivity index (χ0v) is 21.1. The fourth-order valence-electron chi connectivity index (χ4n) is 5.50. The van der Waals surface area contributed by atoms with E-state index in [0.717, 1.165) is 32.1 Å². The molecule has 0 unspecified atom stereocenters. The zero-order chi connectivity index (χ0) is 24.0. The highest BCUT2D eigenvalue weighted by Crippen LogP contribution is 2.27. The first kappa shape index (κ1) is 25.2. The van der Waals surface area contributed by atoms with Crippen LogP contribution >= 0.6 is 0 Å². The van der Waals surface area contributed by atoms with E-state index < -0.39 is 10.0 Å². The average molecular weight is 490 g/mol. The maximum Gasteiger partial charge on any atom is 0.253 e. The van der Waals surface area contributed by atoms with Gasteiger partial charge in [-0.05, 0) is 49.4 Å². The molecule has 2 amide bonds. The average Bonchev–Trinajstić information content (AvgIpc) is 3.18. The lowest BCUT2D eigenvalue weighted by atomic mass is 9.86. The van der Waals surface area contributed by atoms with Crippen molar-refractivity contribution in [3.05, 3.63) is 29.8 Å². The molecule has 4 rings (SSSR count). The van der Waals surface area contributed by atoms with Crippen LogP contribution in [0, 0.1) is 5.92 Å². The van der Waals surface area contributed by atoms with Crippen LogP contribution in [0.5, 0.6) is 0 Å². The summed E-state index contributed by atoms with van der Waals surface area (Å²) in [5.74, 6) is 0.806. The molecule has 0 spiro atoms. The number of benzene rings is 1. The molecule has 0 atom stereocenters. The molecule has 2 heterocycles. The van der Waals surface area contributed by atoms with Gasteiger partial charge in [-0.15, -0.1) is 0 Å². The predicted octanol–water partition coefficient (Wildman–Crippen LogP) is 3.90. The molecular weight excluding hydrogens is 450 g/mol. The van der Waals surface area contributed by atoms with Gasteiger partial charge in [0.05, 0.1) is 4.90 Å². The van der Waals surface area contributed by atoms with E-state index in [1.165, 1.54) is 32.1 Å². The van der Waals surface area contributed by atoms with Crippen molar-refractivity contribution in [2.24, 2.45) is 5.92 Å². The number of rotatable bonds is 6. The van der Waals surface area contributed by atoms with Gasteiger partial charge in [0, 0.05) is 51.3 Å². The maximum absolute atomic E-state index is 13.0. The summed E-state index contributed by atoms with van der Waals surface area (Å²) in [6.45, 7) is 3.29. The molecule has 2 aliphatic heterocycles. The Bertz CT molecular complexity index is 925. The van der Waals surface area contributed by atoms with Crippen molar-refractivity contribution in [1.29, 1.82) is 0 Å². The molecule has 0 bridgehead atoms. The Labute approximate surface area is 204 Å². The first-order valence-electron chi connectivity index (χ1n) is 13.1. The van der Waals surface area contributed by atoms with E-state index in [0.29, 0.717) is 57.2 Å². The Balaban J connectivity index is 1.27. The summed E-state index contributed by atoms with van der Waals surface area (Å²) in [6, 6.07) is 6.35. The number of carbonyl (C=O) groups is 2. The van der Waals surface area contributed by atoms with E-state index in [2.05, 4.69) is 0 Å². The molecule has 3 fully saturated rings. The molecule has 1 aromatic carbocycles. The summed E-state index contributed by atoms with van der Waals surface area (Å²) < 4.78 is 27.5. The van der Waals surface area contributed by atoms with Gasteiger partial charge in [0.25, 0.3) is 5.91 Å². The normalized spacial score (nSPS) is 21.3. The van der Waals surface area contributed by atoms with Crippen LogP contribution in [0.2, 0.25) is 0 Å². The second kappa shape index (κ2) is 11.7. The Morgan fingerprint density at radius 2 is 1.29 bits per heavy atom. The van der Waals surface area contributed by atoms with E-state index in [1.54, 1.807) is 33.5 Å². The second-order valence-electron chi connectivity index (χ2n) is 10.1. The van der Waals surface area contributed by atoms with Gasteiger partial charge in [-0.25, -0.2) is 8.42 Å². The highest BCUT2D eigenvalue weighted by Gasteiger charge is 2.28. The number of carbonyl (C=O) groups excluding carboxylic acids is 2.